The summed E-state index contributed by atoms with van der Waals surface area (Å²) in [5.41, 5.74) is 0.531. The van der Waals surface area contributed by atoms with Gasteiger partial charge in [-0.25, -0.2) is 0 Å². The van der Waals surface area contributed by atoms with Crippen LogP contribution in [0.25, 0.3) is 0 Å². The summed E-state index contributed by atoms with van der Waals surface area (Å²) >= 11 is 1.74. The molecule has 3 heteroatoms. The molecule has 0 amide bonds. The standard InChI is InChI=1S/C7H7O2.Li/c1-5-3-2-4-6(8)7(5)9;/h2-3,7-9H,1H2;. The maximum atomic E-state index is 9.16. The summed E-state index contributed by atoms with van der Waals surface area (Å²) in [5, 5.41) is 18.3. The summed E-state index contributed by atoms with van der Waals surface area (Å²) in [7, 11) is 0. The van der Waals surface area contributed by atoms with Crippen LogP contribution in [0.1, 0.15) is 0 Å². The molecule has 0 bridgehead atoms. The molecule has 1 unspecified atom stereocenters. The molecule has 0 saturated heterocycles. The molecule has 0 heterocycles. The molecule has 1 rings (SSSR count). The summed E-state index contributed by atoms with van der Waals surface area (Å²) in [5.74, 6) is 0.00694. The first kappa shape index (κ1) is 7.68. The summed E-state index contributed by atoms with van der Waals surface area (Å²) < 4.78 is 0.694. The SMILES string of the molecule is [Li][C]1=C(O)C(O)C(=C)C=C1. The fourth-order valence-electron chi connectivity index (χ4n) is 0.800. The molecule has 0 saturated carbocycles. The molecule has 2 N–H and O–H groups in total. The van der Waals surface area contributed by atoms with E-state index in [0.29, 0.717) is 9.82 Å². The molecule has 0 aromatic rings. The van der Waals surface area contributed by atoms with Gasteiger partial charge < -0.3 is 0 Å². The molecule has 0 fully saturated rings. The Morgan fingerprint density at radius 3 is 2.60 bits per heavy atom. The molecule has 0 aliphatic heterocycles. The van der Waals surface area contributed by atoms with Gasteiger partial charge in [0.25, 0.3) is 0 Å². The van der Waals surface area contributed by atoms with Crippen molar-refractivity contribution in [3.63, 3.8) is 0 Å². The number of hydrogen-bond donors (Lipinski definition) is 2. The van der Waals surface area contributed by atoms with Crippen LogP contribution in [0.5, 0.6) is 0 Å². The average molecular weight is 130 g/mol. The Bertz CT molecular complexity index is 228. The Kier molecular flexibility index (Phi) is 2.05. The van der Waals surface area contributed by atoms with E-state index >= 15 is 0 Å². The molecular formula is C7H7LiO2. The zero-order valence-electron chi connectivity index (χ0n) is 5.83. The van der Waals surface area contributed by atoms with Crippen LogP contribution in [-0.2, 0) is 0 Å². The van der Waals surface area contributed by atoms with Crippen LogP contribution in [0.3, 0.4) is 0 Å². The van der Waals surface area contributed by atoms with Gasteiger partial charge in [-0.3, -0.25) is 0 Å². The number of allylic oxidation sites excluding steroid dienone is 2. The Morgan fingerprint density at radius 2 is 2.10 bits per heavy atom. The van der Waals surface area contributed by atoms with E-state index in [1.807, 2.05) is 0 Å². The third kappa shape index (κ3) is 1.19. The van der Waals surface area contributed by atoms with E-state index < -0.39 is 6.10 Å². The van der Waals surface area contributed by atoms with Crippen LogP contribution in [-0.4, -0.2) is 34.0 Å². The van der Waals surface area contributed by atoms with Gasteiger partial charge in [0.15, 0.2) is 0 Å². The van der Waals surface area contributed by atoms with Gasteiger partial charge in [-0.1, -0.05) is 0 Å². The normalized spacial score (nSPS) is 25.9. The van der Waals surface area contributed by atoms with Gasteiger partial charge in [0.05, 0.1) is 0 Å². The van der Waals surface area contributed by atoms with Gasteiger partial charge in [0.2, 0.25) is 0 Å². The number of rotatable bonds is 0. The molecule has 48 valence electrons. The van der Waals surface area contributed by atoms with Crippen LogP contribution >= 0.6 is 0 Å². The summed E-state index contributed by atoms with van der Waals surface area (Å²) in [6.45, 7) is 3.55. The molecule has 2 nitrogen and oxygen atoms in total. The number of hydrogen-bond acceptors (Lipinski definition) is 2. The van der Waals surface area contributed by atoms with E-state index in [9.17, 15) is 0 Å². The van der Waals surface area contributed by atoms with Gasteiger partial charge in [0.1, 0.15) is 0 Å². The van der Waals surface area contributed by atoms with Crippen molar-refractivity contribution in [1.82, 2.24) is 0 Å². The van der Waals surface area contributed by atoms with Crippen molar-refractivity contribution >= 4 is 17.7 Å². The van der Waals surface area contributed by atoms with Crippen LogP contribution in [0, 0.1) is 0 Å². The minimum atomic E-state index is -0.898. The van der Waals surface area contributed by atoms with Crippen molar-refractivity contribution in [1.29, 1.82) is 0 Å². The maximum absolute atomic E-state index is 9.16. The predicted octanol–water partition coefficient (Wildman–Crippen LogP) is 0.411. The first-order valence-electron chi connectivity index (χ1n) is 3.07. The van der Waals surface area contributed by atoms with Crippen LogP contribution < -0.4 is 0 Å². The van der Waals surface area contributed by atoms with E-state index in [-0.39, 0.29) is 5.76 Å². The van der Waals surface area contributed by atoms with Crippen LogP contribution in [0.4, 0.5) is 0 Å². The zero-order chi connectivity index (χ0) is 7.72. The fraction of sp³-hybridized carbons (Fsp3) is 0.143. The van der Waals surface area contributed by atoms with Gasteiger partial charge in [0, 0.05) is 0 Å². The second kappa shape index (κ2) is 2.67. The Labute approximate surface area is 68.8 Å². The van der Waals surface area contributed by atoms with Crippen molar-refractivity contribution in [2.75, 3.05) is 0 Å². The molecule has 0 aromatic carbocycles. The van der Waals surface area contributed by atoms with Crippen molar-refractivity contribution in [2.45, 2.75) is 6.10 Å². The van der Waals surface area contributed by atoms with Gasteiger partial charge in [-0.2, -0.15) is 0 Å². The zero-order valence-corrected chi connectivity index (χ0v) is 5.83. The quantitative estimate of drug-likeness (QED) is 0.466. The molecule has 0 radical (unpaired) electrons. The van der Waals surface area contributed by atoms with E-state index in [1.54, 1.807) is 29.9 Å². The second-order valence-electron chi connectivity index (χ2n) is 2.38. The molecule has 1 aliphatic carbocycles. The first-order valence-corrected chi connectivity index (χ1v) is 3.07. The Morgan fingerprint density at radius 1 is 1.50 bits per heavy atom. The molecular weight excluding hydrogens is 123 g/mol. The van der Waals surface area contributed by atoms with E-state index in [4.69, 9.17) is 10.2 Å². The van der Waals surface area contributed by atoms with E-state index in [0.717, 1.165) is 0 Å². The number of aliphatic hydroxyl groups excluding tert-OH is 2. The number of aliphatic hydroxyl groups is 2. The molecule has 1 aliphatic rings. The van der Waals surface area contributed by atoms with Gasteiger partial charge in [-0.15, -0.1) is 0 Å². The van der Waals surface area contributed by atoms with Crippen LogP contribution in [0.15, 0.2) is 34.3 Å². The van der Waals surface area contributed by atoms with Crippen LogP contribution in [0.2, 0.25) is 0 Å². The first-order chi connectivity index (χ1) is 4.63. The monoisotopic (exact) mass is 130 g/mol. The van der Waals surface area contributed by atoms with Crippen molar-refractivity contribution < 1.29 is 10.2 Å². The summed E-state index contributed by atoms with van der Waals surface area (Å²) in [6, 6.07) is 0. The van der Waals surface area contributed by atoms with Crippen molar-refractivity contribution in [3.05, 3.63) is 34.3 Å². The second-order valence-corrected chi connectivity index (χ2v) is 2.38. The predicted molar refractivity (Wildman–Crippen MR) is 39.7 cm³/mol. The third-order valence-electron chi connectivity index (χ3n) is 1.56. The average Bonchev–Trinajstić information content (AvgIpc) is 1.93. The molecule has 0 aromatic heterocycles. The fourth-order valence-corrected chi connectivity index (χ4v) is 0.800. The summed E-state index contributed by atoms with van der Waals surface area (Å²) in [4.78, 5) is 0. The molecule has 0 spiro atoms. The molecule has 1 atom stereocenters. The van der Waals surface area contributed by atoms with E-state index in [1.165, 1.54) is 0 Å². The van der Waals surface area contributed by atoms with Crippen molar-refractivity contribution in [2.24, 2.45) is 0 Å². The van der Waals surface area contributed by atoms with Gasteiger partial charge in [-0.05, 0) is 0 Å². The topological polar surface area (TPSA) is 40.5 Å². The van der Waals surface area contributed by atoms with Crippen molar-refractivity contribution in [3.8, 4) is 0 Å². The Hall–Kier alpha value is -0.423. The van der Waals surface area contributed by atoms with Gasteiger partial charge >= 0.3 is 68.3 Å². The summed E-state index contributed by atoms with van der Waals surface area (Å²) in [6.07, 6.45) is 2.52. The Balaban J connectivity index is 2.99. The third-order valence-corrected chi connectivity index (χ3v) is 1.56. The molecule has 10 heavy (non-hydrogen) atoms. The minimum absolute atomic E-state index is 0.00694. The van der Waals surface area contributed by atoms with E-state index in [2.05, 4.69) is 6.58 Å².